The van der Waals surface area contributed by atoms with E-state index in [0.717, 1.165) is 61.7 Å². The lowest BCUT2D eigenvalue weighted by Gasteiger charge is -2.38. The quantitative estimate of drug-likeness (QED) is 0.300. The van der Waals surface area contributed by atoms with Crippen LogP contribution >= 0.6 is 0 Å². The van der Waals surface area contributed by atoms with Crippen molar-refractivity contribution in [1.82, 2.24) is 9.80 Å². The zero-order chi connectivity index (χ0) is 34.8. The summed E-state index contributed by atoms with van der Waals surface area (Å²) in [6, 6.07) is 18.5. The van der Waals surface area contributed by atoms with Gasteiger partial charge in [0.05, 0.1) is 18.1 Å². The van der Waals surface area contributed by atoms with E-state index < -0.39 is 17.2 Å². The number of piperidine rings is 1. The molecule has 3 heterocycles. The van der Waals surface area contributed by atoms with Crippen molar-refractivity contribution in [3.8, 4) is 5.75 Å². The van der Waals surface area contributed by atoms with Gasteiger partial charge in [0.25, 0.3) is 5.91 Å². The number of amides is 2. The van der Waals surface area contributed by atoms with Crippen molar-refractivity contribution in [3.63, 3.8) is 0 Å². The minimum atomic E-state index is -4.33. The molecule has 3 aromatic rings. The first-order valence-corrected chi connectivity index (χ1v) is 16.5. The molecule has 0 aromatic heterocycles. The molecule has 3 aromatic carbocycles. The van der Waals surface area contributed by atoms with Crippen LogP contribution in [0, 0.1) is 10.8 Å². The lowest BCUT2D eigenvalue weighted by molar-refractivity contribution is -0.137. The Morgan fingerprint density at radius 3 is 2.12 bits per heavy atom. The molecule has 6 rings (SSSR count). The molecule has 0 atom stereocenters. The molecule has 258 valence electrons. The van der Waals surface area contributed by atoms with Gasteiger partial charge in [0.1, 0.15) is 5.75 Å². The molecule has 9 nitrogen and oxygen atoms in total. The van der Waals surface area contributed by atoms with E-state index in [1.54, 1.807) is 24.1 Å². The summed E-state index contributed by atoms with van der Waals surface area (Å²) in [4.78, 5) is 35.4. The highest BCUT2D eigenvalue weighted by molar-refractivity contribution is 6.09. The fraction of sp³-hybridized carbons (Fsp3) is 0.378. The van der Waals surface area contributed by atoms with Crippen LogP contribution in [0.3, 0.4) is 0 Å². The van der Waals surface area contributed by atoms with Crippen molar-refractivity contribution >= 4 is 35.0 Å². The van der Waals surface area contributed by atoms with Gasteiger partial charge in [0, 0.05) is 98.9 Å². The third kappa shape index (κ3) is 7.01. The monoisotopic (exact) mass is 674 g/mol. The standard InChI is InChI=1S/C37H41F3N6O3/c1-49-33-22-31(10-11-32(33)28(23-41)24-42)46-17-14-36(35(46)48)12-15-45(16-13-36)34(47)27-4-8-30(9-5-27)44-20-18-43(19-21-44)25-26-2-6-29(7-3-26)37(38,39)40/h2-11,22-24,41H,12-21,25,42H2,1H3/b28-24+,41-23?. The Kier molecular flexibility index (Phi) is 9.69. The van der Waals surface area contributed by atoms with Crippen molar-refractivity contribution in [2.45, 2.75) is 32.0 Å². The summed E-state index contributed by atoms with van der Waals surface area (Å²) >= 11 is 0. The summed E-state index contributed by atoms with van der Waals surface area (Å²) in [6.45, 7) is 5.32. The Morgan fingerprint density at radius 1 is 0.898 bits per heavy atom. The number of likely N-dealkylation sites (tertiary alicyclic amines) is 1. The number of ether oxygens (including phenoxy) is 1. The third-order valence-corrected chi connectivity index (χ3v) is 10.2. The highest BCUT2D eigenvalue weighted by Crippen LogP contribution is 2.44. The first kappa shape index (κ1) is 34.0. The molecule has 49 heavy (non-hydrogen) atoms. The molecule has 0 saturated carbocycles. The fourth-order valence-electron chi connectivity index (χ4n) is 7.19. The second kappa shape index (κ2) is 13.9. The molecule has 3 saturated heterocycles. The van der Waals surface area contributed by atoms with Gasteiger partial charge in [0.2, 0.25) is 5.91 Å². The third-order valence-electron chi connectivity index (χ3n) is 10.2. The molecule has 12 heteroatoms. The van der Waals surface area contributed by atoms with Crippen LogP contribution in [-0.2, 0) is 17.5 Å². The van der Waals surface area contributed by atoms with Crippen molar-refractivity contribution < 1.29 is 27.5 Å². The summed E-state index contributed by atoms with van der Waals surface area (Å²) in [5.74, 6) is 0.567. The molecule has 2 amide bonds. The Hall–Kier alpha value is -4.84. The summed E-state index contributed by atoms with van der Waals surface area (Å²) in [7, 11) is 1.55. The van der Waals surface area contributed by atoms with Crippen LogP contribution in [0.2, 0.25) is 0 Å². The first-order chi connectivity index (χ1) is 23.5. The van der Waals surface area contributed by atoms with E-state index in [2.05, 4.69) is 9.80 Å². The van der Waals surface area contributed by atoms with Gasteiger partial charge in [0.15, 0.2) is 0 Å². The smallest absolute Gasteiger partial charge is 0.416 e. The highest BCUT2D eigenvalue weighted by Gasteiger charge is 2.49. The van der Waals surface area contributed by atoms with Crippen molar-refractivity contribution in [2.75, 3.05) is 62.7 Å². The van der Waals surface area contributed by atoms with Crippen LogP contribution in [0.15, 0.2) is 72.9 Å². The number of allylic oxidation sites excluding steroid dienone is 1. The van der Waals surface area contributed by atoms with Crippen LogP contribution in [0.25, 0.3) is 5.57 Å². The maximum atomic E-state index is 13.8. The molecule has 0 unspecified atom stereocenters. The number of piperazine rings is 1. The number of hydrogen-bond donors (Lipinski definition) is 2. The number of benzene rings is 3. The van der Waals surface area contributed by atoms with Crippen molar-refractivity contribution in [2.24, 2.45) is 11.1 Å². The normalized spacial score (nSPS) is 18.7. The lowest BCUT2D eigenvalue weighted by atomic mass is 9.77. The molecule has 3 aliphatic heterocycles. The molecule has 0 aliphatic carbocycles. The second-order valence-electron chi connectivity index (χ2n) is 12.9. The van der Waals surface area contributed by atoms with Crippen LogP contribution < -0.4 is 20.3 Å². The Labute approximate surface area is 284 Å². The number of rotatable bonds is 8. The van der Waals surface area contributed by atoms with Gasteiger partial charge in [-0.25, -0.2) is 0 Å². The van der Waals surface area contributed by atoms with E-state index >= 15 is 0 Å². The maximum absolute atomic E-state index is 13.8. The topological polar surface area (TPSA) is 106 Å². The van der Waals surface area contributed by atoms with Gasteiger partial charge < -0.3 is 30.6 Å². The fourth-order valence-corrected chi connectivity index (χ4v) is 7.19. The SMILES string of the molecule is COc1cc(N2CCC3(CCN(C(=O)c4ccc(N5CCN(Cc6ccc(C(F)(F)F)cc6)CC5)cc4)CC3)C2=O)ccc1/C(C=N)=C/N. The summed E-state index contributed by atoms with van der Waals surface area (Å²) in [5, 5.41) is 7.61. The molecular formula is C37H41F3N6O3. The van der Waals surface area contributed by atoms with E-state index in [1.165, 1.54) is 12.4 Å². The van der Waals surface area contributed by atoms with Gasteiger partial charge in [-0.2, -0.15) is 13.2 Å². The van der Waals surface area contributed by atoms with Crippen LogP contribution in [0.4, 0.5) is 24.5 Å². The van der Waals surface area contributed by atoms with E-state index in [9.17, 15) is 22.8 Å². The van der Waals surface area contributed by atoms with Crippen LogP contribution in [0.1, 0.15) is 46.3 Å². The number of anilines is 2. The first-order valence-electron chi connectivity index (χ1n) is 16.5. The Bertz CT molecular complexity index is 1710. The van der Waals surface area contributed by atoms with Gasteiger partial charge >= 0.3 is 6.18 Å². The van der Waals surface area contributed by atoms with E-state index in [4.69, 9.17) is 15.9 Å². The molecule has 0 bridgehead atoms. The second-order valence-corrected chi connectivity index (χ2v) is 12.9. The number of nitrogens with two attached hydrogens (primary N) is 1. The zero-order valence-electron chi connectivity index (χ0n) is 27.5. The average molecular weight is 675 g/mol. The predicted molar refractivity (Wildman–Crippen MR) is 184 cm³/mol. The van der Waals surface area contributed by atoms with Gasteiger partial charge in [-0.05, 0) is 73.4 Å². The molecular weight excluding hydrogens is 633 g/mol. The molecule has 3 aliphatic rings. The number of methoxy groups -OCH3 is 1. The molecule has 1 spiro atoms. The van der Waals surface area contributed by atoms with Crippen molar-refractivity contribution in [1.29, 1.82) is 5.41 Å². The average Bonchev–Trinajstić information content (AvgIpc) is 3.43. The number of alkyl halides is 3. The van der Waals surface area contributed by atoms with Crippen LogP contribution in [-0.4, -0.2) is 80.8 Å². The minimum Gasteiger partial charge on any atom is -0.496 e. The van der Waals surface area contributed by atoms with Crippen LogP contribution in [0.5, 0.6) is 5.75 Å². The van der Waals surface area contributed by atoms with E-state index in [0.29, 0.717) is 61.5 Å². The lowest BCUT2D eigenvalue weighted by Crippen LogP contribution is -2.46. The number of nitrogens with zero attached hydrogens (tertiary/aromatic N) is 4. The maximum Gasteiger partial charge on any atom is 0.416 e. The Balaban J connectivity index is 1.01. The van der Waals surface area contributed by atoms with Gasteiger partial charge in [-0.3, -0.25) is 14.5 Å². The Morgan fingerprint density at radius 2 is 1.53 bits per heavy atom. The highest BCUT2D eigenvalue weighted by atomic mass is 19.4. The number of halogens is 3. The number of carbonyl (C=O) groups excluding carboxylic acids is 2. The largest absolute Gasteiger partial charge is 0.496 e. The number of nitrogens with one attached hydrogen (secondary N) is 1. The summed E-state index contributed by atoms with van der Waals surface area (Å²) < 4.78 is 44.2. The zero-order valence-corrected chi connectivity index (χ0v) is 27.5. The number of hydrogen-bond acceptors (Lipinski definition) is 7. The molecule has 0 radical (unpaired) electrons. The molecule has 3 N–H and O–H groups in total. The summed E-state index contributed by atoms with van der Waals surface area (Å²) in [5.41, 5.74) is 8.97. The van der Waals surface area contributed by atoms with E-state index in [1.807, 2.05) is 47.4 Å². The van der Waals surface area contributed by atoms with Gasteiger partial charge in [-0.1, -0.05) is 12.1 Å². The van der Waals surface area contributed by atoms with Crippen molar-refractivity contribution in [3.05, 3.63) is 95.2 Å². The molecule has 3 fully saturated rings. The summed E-state index contributed by atoms with van der Waals surface area (Å²) in [6.07, 6.45) is 0.113. The van der Waals surface area contributed by atoms with E-state index in [-0.39, 0.29) is 11.8 Å². The van der Waals surface area contributed by atoms with Gasteiger partial charge in [-0.15, -0.1) is 0 Å². The predicted octanol–water partition coefficient (Wildman–Crippen LogP) is 5.64. The minimum absolute atomic E-state index is 0.0413. The number of carbonyl (C=O) groups is 2.